The van der Waals surface area contributed by atoms with Gasteiger partial charge in [0.25, 0.3) is 11.1 Å². The highest BCUT2D eigenvalue weighted by atomic mass is 35.5. The SMILES string of the molecule is CC(C)CC(C(=O)c1nnc(SCCN(C)C)o1)N(C=O)OCC(C)(C)C.Cl. The summed E-state index contributed by atoms with van der Waals surface area (Å²) in [4.78, 5) is 32.1. The highest BCUT2D eigenvalue weighted by Crippen LogP contribution is 2.21. The summed E-state index contributed by atoms with van der Waals surface area (Å²) in [5.74, 6) is 0.445. The van der Waals surface area contributed by atoms with Crippen LogP contribution in [0, 0.1) is 11.3 Å². The van der Waals surface area contributed by atoms with E-state index in [0.29, 0.717) is 24.7 Å². The van der Waals surface area contributed by atoms with E-state index in [1.807, 2.05) is 53.6 Å². The van der Waals surface area contributed by atoms with Gasteiger partial charge in [-0.2, -0.15) is 0 Å². The lowest BCUT2D eigenvalue weighted by molar-refractivity contribution is -0.192. The number of aromatic nitrogens is 2. The minimum Gasteiger partial charge on any atom is -0.408 e. The van der Waals surface area contributed by atoms with Crippen LogP contribution in [0.15, 0.2) is 9.64 Å². The molecule has 8 nitrogen and oxygen atoms in total. The van der Waals surface area contributed by atoms with E-state index in [1.54, 1.807) is 0 Å². The van der Waals surface area contributed by atoms with Crippen LogP contribution in [0.2, 0.25) is 0 Å². The summed E-state index contributed by atoms with van der Waals surface area (Å²) in [6, 6.07) is -0.801. The number of rotatable bonds is 12. The van der Waals surface area contributed by atoms with Crippen molar-refractivity contribution in [2.24, 2.45) is 11.3 Å². The molecule has 1 amide bonds. The van der Waals surface area contributed by atoms with Gasteiger partial charge in [0.15, 0.2) is 0 Å². The first-order valence-electron chi connectivity index (χ1n) is 9.05. The van der Waals surface area contributed by atoms with Crippen LogP contribution < -0.4 is 0 Å². The van der Waals surface area contributed by atoms with Gasteiger partial charge in [-0.15, -0.1) is 22.6 Å². The fourth-order valence-corrected chi connectivity index (χ4v) is 2.93. The van der Waals surface area contributed by atoms with Crippen molar-refractivity contribution in [2.75, 3.05) is 33.0 Å². The zero-order valence-corrected chi connectivity index (χ0v) is 19.4. The van der Waals surface area contributed by atoms with Crippen LogP contribution in [0.1, 0.15) is 51.7 Å². The lowest BCUT2D eigenvalue weighted by Gasteiger charge is -2.29. The number of carbonyl (C=O) groups excluding carboxylic acids is 2. The lowest BCUT2D eigenvalue weighted by atomic mass is 9.98. The molecule has 1 heterocycles. The third kappa shape index (κ3) is 9.86. The average Bonchev–Trinajstić information content (AvgIpc) is 3.00. The summed E-state index contributed by atoms with van der Waals surface area (Å²) in [6.45, 7) is 11.1. The number of hydrogen-bond donors (Lipinski definition) is 0. The maximum atomic E-state index is 12.9. The normalized spacial score (nSPS) is 12.8. The van der Waals surface area contributed by atoms with Crippen LogP contribution >= 0.6 is 24.2 Å². The van der Waals surface area contributed by atoms with Gasteiger partial charge in [-0.1, -0.05) is 46.4 Å². The topological polar surface area (TPSA) is 88.8 Å². The van der Waals surface area contributed by atoms with E-state index >= 15 is 0 Å². The minimum atomic E-state index is -0.801. The largest absolute Gasteiger partial charge is 0.408 e. The Balaban J connectivity index is 0.00000729. The van der Waals surface area contributed by atoms with E-state index in [2.05, 4.69) is 10.2 Å². The maximum Gasteiger partial charge on any atom is 0.287 e. The van der Waals surface area contributed by atoms with Gasteiger partial charge < -0.3 is 9.32 Å². The van der Waals surface area contributed by atoms with Crippen molar-refractivity contribution in [2.45, 2.75) is 52.3 Å². The Kier molecular flexibility index (Phi) is 11.9. The maximum absolute atomic E-state index is 12.9. The molecule has 0 saturated carbocycles. The number of hydrogen-bond acceptors (Lipinski definition) is 8. The van der Waals surface area contributed by atoms with Crippen molar-refractivity contribution in [3.63, 3.8) is 0 Å². The molecule has 0 aromatic carbocycles. The smallest absolute Gasteiger partial charge is 0.287 e. The third-order valence-electron chi connectivity index (χ3n) is 3.44. The Morgan fingerprint density at radius 3 is 2.43 bits per heavy atom. The van der Waals surface area contributed by atoms with Crippen molar-refractivity contribution in [3.8, 4) is 0 Å². The Bertz CT molecular complexity index is 605. The number of nitrogens with zero attached hydrogens (tertiary/aromatic N) is 4. The molecule has 0 radical (unpaired) electrons. The van der Waals surface area contributed by atoms with Crippen molar-refractivity contribution in [3.05, 3.63) is 5.89 Å². The quantitative estimate of drug-likeness (QED) is 0.213. The van der Waals surface area contributed by atoms with Crippen molar-refractivity contribution >= 4 is 36.4 Å². The molecule has 0 aliphatic heterocycles. The highest BCUT2D eigenvalue weighted by molar-refractivity contribution is 7.99. The average molecular weight is 437 g/mol. The molecule has 0 aliphatic rings. The summed E-state index contributed by atoms with van der Waals surface area (Å²) in [5, 5.41) is 9.22. The molecule has 0 aliphatic carbocycles. The van der Waals surface area contributed by atoms with E-state index in [-0.39, 0.29) is 29.6 Å². The van der Waals surface area contributed by atoms with Crippen LogP contribution in [0.4, 0.5) is 0 Å². The first kappa shape index (κ1) is 26.8. The molecule has 1 unspecified atom stereocenters. The zero-order chi connectivity index (χ0) is 20.6. The van der Waals surface area contributed by atoms with Gasteiger partial charge >= 0.3 is 0 Å². The number of carbonyl (C=O) groups is 2. The van der Waals surface area contributed by atoms with Gasteiger partial charge in [-0.25, -0.2) is 5.06 Å². The van der Waals surface area contributed by atoms with Crippen LogP contribution in [0.5, 0.6) is 0 Å². The molecule has 0 saturated heterocycles. The molecule has 10 heteroatoms. The molecule has 0 spiro atoms. The Morgan fingerprint density at radius 2 is 1.93 bits per heavy atom. The van der Waals surface area contributed by atoms with Crippen LogP contribution in [-0.4, -0.2) is 71.4 Å². The summed E-state index contributed by atoms with van der Waals surface area (Å²) in [5.41, 5.74) is -0.145. The summed E-state index contributed by atoms with van der Waals surface area (Å²) >= 11 is 1.39. The first-order valence-corrected chi connectivity index (χ1v) is 10.0. The number of thioether (sulfide) groups is 1. The van der Waals surface area contributed by atoms with Gasteiger partial charge in [0.05, 0.1) is 6.61 Å². The standard InChI is InChI=1S/C18H32N4O4S.ClH/c1-13(2)10-14(22(12-23)25-11-18(3,4)5)15(24)16-19-20-17(26-16)27-9-8-21(6)7;/h12-14H,8-11H2,1-7H3;1H. The second kappa shape index (κ2) is 12.4. The lowest BCUT2D eigenvalue weighted by Crippen LogP contribution is -2.43. The van der Waals surface area contributed by atoms with Crippen molar-refractivity contribution < 1.29 is 18.8 Å². The highest BCUT2D eigenvalue weighted by Gasteiger charge is 2.32. The minimum absolute atomic E-state index is 0. The van der Waals surface area contributed by atoms with Crippen molar-refractivity contribution in [1.82, 2.24) is 20.2 Å². The van der Waals surface area contributed by atoms with Crippen LogP contribution in [0.25, 0.3) is 0 Å². The Hall–Kier alpha value is -1.16. The van der Waals surface area contributed by atoms with Crippen LogP contribution in [-0.2, 0) is 9.63 Å². The van der Waals surface area contributed by atoms with Crippen molar-refractivity contribution in [1.29, 1.82) is 0 Å². The summed E-state index contributed by atoms with van der Waals surface area (Å²) in [7, 11) is 3.96. The van der Waals surface area contributed by atoms with E-state index in [0.717, 1.165) is 17.4 Å². The van der Waals surface area contributed by atoms with Gasteiger partial charge in [0, 0.05) is 12.3 Å². The second-order valence-corrected chi connectivity index (χ2v) is 9.38. The number of ketones is 1. The number of amides is 1. The van der Waals surface area contributed by atoms with E-state index in [9.17, 15) is 9.59 Å². The molecule has 1 atom stereocenters. The number of Topliss-reactive ketones (excluding diaryl/α,β-unsaturated/α-hetero) is 1. The summed E-state index contributed by atoms with van der Waals surface area (Å²) in [6.07, 6.45) is 0.979. The van der Waals surface area contributed by atoms with Gasteiger partial charge in [0.2, 0.25) is 12.2 Å². The van der Waals surface area contributed by atoms with Gasteiger partial charge in [-0.05, 0) is 31.8 Å². The zero-order valence-electron chi connectivity index (χ0n) is 17.8. The fraction of sp³-hybridized carbons (Fsp3) is 0.778. The Morgan fingerprint density at radius 1 is 1.29 bits per heavy atom. The second-order valence-electron chi connectivity index (χ2n) is 8.33. The van der Waals surface area contributed by atoms with E-state index in [4.69, 9.17) is 9.25 Å². The van der Waals surface area contributed by atoms with Crippen LogP contribution in [0.3, 0.4) is 0 Å². The molecule has 1 aromatic rings. The molecule has 0 N–H and O–H groups in total. The molecule has 1 aromatic heterocycles. The predicted molar refractivity (Wildman–Crippen MR) is 112 cm³/mol. The predicted octanol–water partition coefficient (Wildman–Crippen LogP) is 3.18. The molecule has 0 bridgehead atoms. The molecular formula is C18H33ClN4O4S. The van der Waals surface area contributed by atoms with Gasteiger partial charge in [-0.3, -0.25) is 14.4 Å². The third-order valence-corrected chi connectivity index (χ3v) is 4.23. The van der Waals surface area contributed by atoms with E-state index < -0.39 is 11.8 Å². The first-order chi connectivity index (χ1) is 12.5. The molecular weight excluding hydrogens is 404 g/mol. The summed E-state index contributed by atoms with van der Waals surface area (Å²) < 4.78 is 5.50. The molecule has 0 fully saturated rings. The Labute approximate surface area is 178 Å². The monoisotopic (exact) mass is 436 g/mol. The fourth-order valence-electron chi connectivity index (χ4n) is 2.06. The molecule has 162 valence electrons. The van der Waals surface area contributed by atoms with Gasteiger partial charge in [0.1, 0.15) is 6.04 Å². The number of halogens is 1. The molecule has 28 heavy (non-hydrogen) atoms. The molecule has 1 rings (SSSR count). The van der Waals surface area contributed by atoms with E-state index in [1.165, 1.54) is 11.8 Å². The number of hydroxylamine groups is 2.